The van der Waals surface area contributed by atoms with Crippen LogP contribution in [0.3, 0.4) is 0 Å². The van der Waals surface area contributed by atoms with Crippen molar-refractivity contribution in [2.75, 3.05) is 12.4 Å². The van der Waals surface area contributed by atoms with Gasteiger partial charge in [-0.3, -0.25) is 0 Å². The van der Waals surface area contributed by atoms with Gasteiger partial charge in [0.2, 0.25) is 0 Å². The number of rotatable bonds is 3. The summed E-state index contributed by atoms with van der Waals surface area (Å²) in [5.41, 5.74) is 1.13. The summed E-state index contributed by atoms with van der Waals surface area (Å²) in [4.78, 5) is 8.42. The second-order valence-corrected chi connectivity index (χ2v) is 3.43. The van der Waals surface area contributed by atoms with E-state index in [9.17, 15) is 0 Å². The fourth-order valence-corrected chi connectivity index (χ4v) is 1.25. The number of hydrogen-bond acceptors (Lipinski definition) is 4. The molecule has 16 heavy (non-hydrogen) atoms. The Morgan fingerprint density at radius 3 is 2.19 bits per heavy atom. The van der Waals surface area contributed by atoms with E-state index in [-0.39, 0.29) is 0 Å². The summed E-state index contributed by atoms with van der Waals surface area (Å²) in [5.74, 6) is 2.27. The molecule has 2 aromatic rings. The van der Waals surface area contributed by atoms with Gasteiger partial charge in [0.25, 0.3) is 0 Å². The van der Waals surface area contributed by atoms with Gasteiger partial charge >= 0.3 is 0 Å². The molecular formula is C12H13N3O. The maximum absolute atomic E-state index is 5.03. The van der Waals surface area contributed by atoms with Gasteiger partial charge in [0, 0.05) is 6.20 Å². The molecule has 0 atom stereocenters. The third kappa shape index (κ3) is 2.48. The standard InChI is InChI=1S/C12H13N3O/c1-9-3-5-11(13-7-9)15-12-6-4-10(16-2)8-14-12/h3-8H,1-2H3,(H,13,14,15). The molecule has 0 fully saturated rings. The lowest BCUT2D eigenvalue weighted by Gasteiger charge is -2.05. The number of methoxy groups -OCH3 is 1. The first-order valence-electron chi connectivity index (χ1n) is 4.97. The molecular weight excluding hydrogens is 202 g/mol. The van der Waals surface area contributed by atoms with Crippen molar-refractivity contribution in [1.82, 2.24) is 9.97 Å². The monoisotopic (exact) mass is 215 g/mol. The molecule has 0 aliphatic rings. The molecule has 0 saturated carbocycles. The summed E-state index contributed by atoms with van der Waals surface area (Å²) in [6.45, 7) is 2.00. The van der Waals surface area contributed by atoms with Gasteiger partial charge in [0.15, 0.2) is 0 Å². The number of pyridine rings is 2. The van der Waals surface area contributed by atoms with Crippen molar-refractivity contribution in [2.24, 2.45) is 0 Å². The maximum Gasteiger partial charge on any atom is 0.137 e. The first kappa shape index (κ1) is 10.4. The second-order valence-electron chi connectivity index (χ2n) is 3.43. The van der Waals surface area contributed by atoms with Crippen LogP contribution < -0.4 is 10.1 Å². The minimum absolute atomic E-state index is 0.738. The van der Waals surface area contributed by atoms with Crippen LogP contribution in [0.4, 0.5) is 11.6 Å². The minimum atomic E-state index is 0.738. The Balaban J connectivity index is 2.11. The maximum atomic E-state index is 5.03. The summed E-state index contributed by atoms with van der Waals surface area (Å²) in [5, 5.41) is 3.10. The summed E-state index contributed by atoms with van der Waals surface area (Å²) in [7, 11) is 1.62. The van der Waals surface area contributed by atoms with Gasteiger partial charge in [0.05, 0.1) is 13.3 Å². The third-order valence-corrected chi connectivity index (χ3v) is 2.14. The summed E-state index contributed by atoms with van der Waals surface area (Å²) in [6, 6.07) is 7.62. The zero-order valence-corrected chi connectivity index (χ0v) is 9.27. The molecule has 1 N–H and O–H groups in total. The van der Waals surface area contributed by atoms with Gasteiger partial charge in [-0.1, -0.05) is 6.07 Å². The van der Waals surface area contributed by atoms with Crippen LogP contribution in [0.25, 0.3) is 0 Å². The number of nitrogens with zero attached hydrogens (tertiary/aromatic N) is 2. The molecule has 0 amide bonds. The molecule has 0 saturated heterocycles. The number of nitrogens with one attached hydrogen (secondary N) is 1. The molecule has 0 spiro atoms. The van der Waals surface area contributed by atoms with E-state index in [1.54, 1.807) is 13.3 Å². The van der Waals surface area contributed by atoms with Crippen molar-refractivity contribution < 1.29 is 4.74 Å². The zero-order valence-electron chi connectivity index (χ0n) is 9.27. The molecule has 0 aromatic carbocycles. The predicted molar refractivity (Wildman–Crippen MR) is 63.0 cm³/mol. The minimum Gasteiger partial charge on any atom is -0.495 e. The van der Waals surface area contributed by atoms with Crippen LogP contribution in [-0.2, 0) is 0 Å². The number of hydrogen-bond donors (Lipinski definition) is 1. The first-order valence-corrected chi connectivity index (χ1v) is 4.97. The lowest BCUT2D eigenvalue weighted by molar-refractivity contribution is 0.413. The fourth-order valence-electron chi connectivity index (χ4n) is 1.25. The lowest BCUT2D eigenvalue weighted by atomic mass is 10.3. The molecule has 2 rings (SSSR count). The van der Waals surface area contributed by atoms with Gasteiger partial charge in [-0.15, -0.1) is 0 Å². The highest BCUT2D eigenvalue weighted by molar-refractivity contribution is 5.51. The molecule has 0 bridgehead atoms. The van der Waals surface area contributed by atoms with Crippen LogP contribution in [0.15, 0.2) is 36.7 Å². The predicted octanol–water partition coefficient (Wildman–Crippen LogP) is 2.54. The second kappa shape index (κ2) is 4.61. The van der Waals surface area contributed by atoms with Crippen LogP contribution in [0, 0.1) is 6.92 Å². The normalized spacial score (nSPS) is 9.88. The molecule has 4 heteroatoms. The Labute approximate surface area is 94.3 Å². The number of aromatic nitrogens is 2. The van der Waals surface area contributed by atoms with E-state index in [0.717, 1.165) is 22.9 Å². The smallest absolute Gasteiger partial charge is 0.137 e. The molecule has 0 aliphatic carbocycles. The van der Waals surface area contributed by atoms with Crippen LogP contribution in [-0.4, -0.2) is 17.1 Å². The van der Waals surface area contributed by atoms with Gasteiger partial charge in [0.1, 0.15) is 17.4 Å². The lowest BCUT2D eigenvalue weighted by Crippen LogP contribution is -1.95. The Kier molecular flexibility index (Phi) is 3.00. The fraction of sp³-hybridized carbons (Fsp3) is 0.167. The van der Waals surface area contributed by atoms with E-state index in [2.05, 4.69) is 15.3 Å². The Hall–Kier alpha value is -2.10. The molecule has 0 aliphatic heterocycles. The van der Waals surface area contributed by atoms with Crippen molar-refractivity contribution >= 4 is 11.6 Å². The van der Waals surface area contributed by atoms with Crippen molar-refractivity contribution in [1.29, 1.82) is 0 Å². The van der Waals surface area contributed by atoms with Crippen LogP contribution >= 0.6 is 0 Å². The Morgan fingerprint density at radius 1 is 1.00 bits per heavy atom. The Morgan fingerprint density at radius 2 is 1.69 bits per heavy atom. The third-order valence-electron chi connectivity index (χ3n) is 2.14. The molecule has 2 heterocycles. The molecule has 82 valence electrons. The van der Waals surface area contributed by atoms with Crippen molar-refractivity contribution in [3.8, 4) is 5.75 Å². The average molecular weight is 215 g/mol. The van der Waals surface area contributed by atoms with Crippen LogP contribution in [0.1, 0.15) is 5.56 Å². The number of aryl methyl sites for hydroxylation is 1. The van der Waals surface area contributed by atoms with E-state index < -0.39 is 0 Å². The highest BCUT2D eigenvalue weighted by atomic mass is 16.5. The summed E-state index contributed by atoms with van der Waals surface area (Å²) < 4.78 is 5.03. The van der Waals surface area contributed by atoms with E-state index >= 15 is 0 Å². The van der Waals surface area contributed by atoms with E-state index in [4.69, 9.17) is 4.74 Å². The van der Waals surface area contributed by atoms with Gasteiger partial charge in [-0.2, -0.15) is 0 Å². The van der Waals surface area contributed by atoms with Crippen LogP contribution in [0.5, 0.6) is 5.75 Å². The van der Waals surface area contributed by atoms with E-state index in [1.807, 2.05) is 37.4 Å². The van der Waals surface area contributed by atoms with E-state index in [1.165, 1.54) is 0 Å². The van der Waals surface area contributed by atoms with Crippen molar-refractivity contribution in [3.63, 3.8) is 0 Å². The van der Waals surface area contributed by atoms with E-state index in [0.29, 0.717) is 0 Å². The highest BCUT2D eigenvalue weighted by Gasteiger charge is 1.97. The molecule has 0 unspecified atom stereocenters. The van der Waals surface area contributed by atoms with Gasteiger partial charge in [-0.05, 0) is 30.7 Å². The first-order chi connectivity index (χ1) is 7.78. The number of anilines is 2. The van der Waals surface area contributed by atoms with Gasteiger partial charge < -0.3 is 10.1 Å². The molecule has 0 radical (unpaired) electrons. The molecule has 2 aromatic heterocycles. The summed E-state index contributed by atoms with van der Waals surface area (Å²) >= 11 is 0. The average Bonchev–Trinajstić information content (AvgIpc) is 2.33. The van der Waals surface area contributed by atoms with Crippen molar-refractivity contribution in [2.45, 2.75) is 6.92 Å². The molecule has 4 nitrogen and oxygen atoms in total. The largest absolute Gasteiger partial charge is 0.495 e. The summed E-state index contributed by atoms with van der Waals surface area (Å²) in [6.07, 6.45) is 3.47. The van der Waals surface area contributed by atoms with Crippen LogP contribution in [0.2, 0.25) is 0 Å². The zero-order chi connectivity index (χ0) is 11.4. The SMILES string of the molecule is COc1ccc(Nc2ccc(C)cn2)nc1. The topological polar surface area (TPSA) is 47.0 Å². The highest BCUT2D eigenvalue weighted by Crippen LogP contribution is 2.15. The van der Waals surface area contributed by atoms with Crippen molar-refractivity contribution in [3.05, 3.63) is 42.2 Å². The number of ether oxygens (including phenoxy) is 1. The van der Waals surface area contributed by atoms with Gasteiger partial charge in [-0.25, -0.2) is 9.97 Å². The quantitative estimate of drug-likeness (QED) is 0.854. The Bertz CT molecular complexity index is 451.